The summed E-state index contributed by atoms with van der Waals surface area (Å²) in [5.74, 6) is 0.854. The molecule has 0 N–H and O–H groups in total. The highest BCUT2D eigenvalue weighted by molar-refractivity contribution is 5.14. The maximum atomic E-state index is 5.59. The summed E-state index contributed by atoms with van der Waals surface area (Å²) < 4.78 is 7.03. The van der Waals surface area contributed by atoms with Gasteiger partial charge in [-0.2, -0.15) is 0 Å². The van der Waals surface area contributed by atoms with Crippen molar-refractivity contribution in [3.05, 3.63) is 60.4 Å². The summed E-state index contributed by atoms with van der Waals surface area (Å²) in [5.41, 5.74) is 1.15. The third-order valence-corrected chi connectivity index (χ3v) is 2.31. The Kier molecular flexibility index (Phi) is 3.97. The van der Waals surface area contributed by atoms with E-state index in [0.717, 1.165) is 11.3 Å². The maximum absolute atomic E-state index is 5.59. The molecular weight excluding hydrogens is 214 g/mol. The molecular formula is C14H16NO2+. The number of rotatable bonds is 5. The van der Waals surface area contributed by atoms with Gasteiger partial charge in [0.1, 0.15) is 5.75 Å². The van der Waals surface area contributed by atoms with Crippen molar-refractivity contribution in [3.8, 4) is 5.75 Å². The second-order valence-corrected chi connectivity index (χ2v) is 3.59. The van der Waals surface area contributed by atoms with Gasteiger partial charge in [-0.25, -0.2) is 0 Å². The largest absolute Gasteiger partial charge is 0.493 e. The fourth-order valence-electron chi connectivity index (χ4n) is 1.47. The van der Waals surface area contributed by atoms with Gasteiger partial charge in [0.15, 0.2) is 6.61 Å². The van der Waals surface area contributed by atoms with Gasteiger partial charge >= 0.3 is 0 Å². The molecule has 0 fully saturated rings. The van der Waals surface area contributed by atoms with Crippen LogP contribution in [0, 0.1) is 0 Å². The molecule has 0 unspecified atom stereocenters. The molecule has 0 radical (unpaired) electrons. The van der Waals surface area contributed by atoms with Crippen LogP contribution in [0.25, 0.3) is 0 Å². The first-order chi connectivity index (χ1) is 8.38. The number of hydrogen-bond donors (Lipinski definition) is 0. The molecule has 0 amide bonds. The van der Waals surface area contributed by atoms with Crippen molar-refractivity contribution in [2.45, 2.75) is 13.5 Å². The fraction of sp³-hybridized carbons (Fsp3) is 0.214. The van der Waals surface area contributed by atoms with Gasteiger partial charge in [0.25, 0.3) is 0 Å². The van der Waals surface area contributed by atoms with Crippen molar-refractivity contribution in [1.29, 1.82) is 0 Å². The van der Waals surface area contributed by atoms with Crippen LogP contribution < -0.4 is 14.3 Å². The molecule has 2 rings (SSSR count). The second kappa shape index (κ2) is 5.89. The molecule has 0 spiro atoms. The van der Waals surface area contributed by atoms with Crippen LogP contribution in [0.5, 0.6) is 5.75 Å². The quantitative estimate of drug-likeness (QED) is 0.733. The number of pyridine rings is 1. The van der Waals surface area contributed by atoms with E-state index < -0.39 is 0 Å². The van der Waals surface area contributed by atoms with Crippen molar-refractivity contribution in [3.63, 3.8) is 0 Å². The Labute approximate surface area is 101 Å². The normalized spacial score (nSPS) is 9.94. The SMILES string of the molecule is CCOc1cc[n+](OCc2ccccc2)cc1. The van der Waals surface area contributed by atoms with Gasteiger partial charge in [-0.3, -0.25) is 4.84 Å². The zero-order valence-corrected chi connectivity index (χ0v) is 9.87. The molecule has 0 atom stereocenters. The van der Waals surface area contributed by atoms with Crippen LogP contribution in [0.4, 0.5) is 0 Å². The van der Waals surface area contributed by atoms with Crippen LogP contribution in [0.2, 0.25) is 0 Å². The molecule has 1 aromatic carbocycles. The minimum Gasteiger partial charge on any atom is -0.493 e. The zero-order chi connectivity index (χ0) is 11.9. The molecule has 0 aliphatic heterocycles. The lowest BCUT2D eigenvalue weighted by atomic mass is 10.2. The van der Waals surface area contributed by atoms with Gasteiger partial charge in [-0.15, -0.1) is 0 Å². The predicted molar refractivity (Wildman–Crippen MR) is 64.5 cm³/mol. The second-order valence-electron chi connectivity index (χ2n) is 3.59. The van der Waals surface area contributed by atoms with Crippen LogP contribution in [0.15, 0.2) is 54.9 Å². The Morgan fingerprint density at radius 2 is 1.71 bits per heavy atom. The zero-order valence-electron chi connectivity index (χ0n) is 9.87. The van der Waals surface area contributed by atoms with Crippen LogP contribution >= 0.6 is 0 Å². The van der Waals surface area contributed by atoms with Crippen molar-refractivity contribution in [2.75, 3.05) is 6.61 Å². The van der Waals surface area contributed by atoms with E-state index in [1.165, 1.54) is 0 Å². The van der Waals surface area contributed by atoms with Crippen LogP contribution in [0.1, 0.15) is 12.5 Å². The first kappa shape index (κ1) is 11.5. The van der Waals surface area contributed by atoms with Gasteiger partial charge in [-0.05, 0) is 12.5 Å². The van der Waals surface area contributed by atoms with E-state index in [1.54, 1.807) is 4.73 Å². The molecule has 0 bridgehead atoms. The van der Waals surface area contributed by atoms with E-state index in [9.17, 15) is 0 Å². The number of nitrogens with zero attached hydrogens (tertiary/aromatic N) is 1. The van der Waals surface area contributed by atoms with Gasteiger partial charge in [0.2, 0.25) is 12.4 Å². The molecule has 17 heavy (non-hydrogen) atoms. The van der Waals surface area contributed by atoms with Crippen molar-refractivity contribution in [2.24, 2.45) is 0 Å². The topological polar surface area (TPSA) is 22.3 Å². The Bertz CT molecular complexity index is 440. The Balaban J connectivity index is 1.91. The Morgan fingerprint density at radius 1 is 1.00 bits per heavy atom. The first-order valence-corrected chi connectivity index (χ1v) is 5.70. The fourth-order valence-corrected chi connectivity index (χ4v) is 1.47. The molecule has 88 valence electrons. The van der Waals surface area contributed by atoms with Gasteiger partial charge in [-0.1, -0.05) is 30.3 Å². The van der Waals surface area contributed by atoms with Gasteiger partial charge < -0.3 is 4.74 Å². The molecule has 0 saturated heterocycles. The standard InChI is InChI=1S/C14H16NO2/c1-2-16-14-8-10-15(11-9-14)17-12-13-6-4-3-5-7-13/h3-11H,2,12H2,1H3/q+1. The predicted octanol–water partition coefficient (Wildman–Crippen LogP) is 2.00. The summed E-state index contributed by atoms with van der Waals surface area (Å²) in [5, 5.41) is 0. The van der Waals surface area contributed by atoms with E-state index in [-0.39, 0.29) is 0 Å². The van der Waals surface area contributed by atoms with Gasteiger partial charge in [0.05, 0.1) is 6.61 Å². The summed E-state index contributed by atoms with van der Waals surface area (Å²) in [6, 6.07) is 13.8. The molecule has 3 nitrogen and oxygen atoms in total. The summed E-state index contributed by atoms with van der Waals surface area (Å²) >= 11 is 0. The average molecular weight is 230 g/mol. The van der Waals surface area contributed by atoms with Crippen molar-refractivity contribution >= 4 is 0 Å². The first-order valence-electron chi connectivity index (χ1n) is 5.70. The maximum Gasteiger partial charge on any atom is 0.226 e. The van der Waals surface area contributed by atoms with E-state index in [2.05, 4.69) is 0 Å². The molecule has 2 aromatic rings. The minimum absolute atomic E-state index is 0.555. The number of hydrogen-bond acceptors (Lipinski definition) is 2. The van der Waals surface area contributed by atoms with E-state index in [0.29, 0.717) is 13.2 Å². The molecule has 0 saturated carbocycles. The molecule has 0 aliphatic rings. The average Bonchev–Trinajstić information content (AvgIpc) is 2.40. The number of aromatic nitrogens is 1. The van der Waals surface area contributed by atoms with Crippen molar-refractivity contribution in [1.82, 2.24) is 0 Å². The van der Waals surface area contributed by atoms with E-state index in [4.69, 9.17) is 9.57 Å². The molecule has 3 heteroatoms. The summed E-state index contributed by atoms with van der Waals surface area (Å²) in [7, 11) is 0. The third-order valence-electron chi connectivity index (χ3n) is 2.31. The highest BCUT2D eigenvalue weighted by Gasteiger charge is 2.02. The Morgan fingerprint density at radius 3 is 2.35 bits per heavy atom. The molecule has 0 aliphatic carbocycles. The van der Waals surface area contributed by atoms with Crippen LogP contribution in [-0.2, 0) is 6.61 Å². The van der Waals surface area contributed by atoms with Crippen LogP contribution in [0.3, 0.4) is 0 Å². The highest BCUT2D eigenvalue weighted by Crippen LogP contribution is 2.05. The lowest BCUT2D eigenvalue weighted by molar-refractivity contribution is -0.895. The molecule has 1 heterocycles. The summed E-state index contributed by atoms with van der Waals surface area (Å²) in [6.07, 6.45) is 3.68. The summed E-state index contributed by atoms with van der Waals surface area (Å²) in [4.78, 5) is 5.59. The number of ether oxygens (including phenoxy) is 1. The van der Waals surface area contributed by atoms with Crippen LogP contribution in [-0.4, -0.2) is 6.61 Å². The minimum atomic E-state index is 0.555. The van der Waals surface area contributed by atoms with E-state index in [1.807, 2.05) is 61.8 Å². The number of benzene rings is 1. The lowest BCUT2D eigenvalue weighted by Crippen LogP contribution is -2.41. The Hall–Kier alpha value is -2.03. The van der Waals surface area contributed by atoms with E-state index >= 15 is 0 Å². The van der Waals surface area contributed by atoms with Gasteiger partial charge in [0, 0.05) is 16.9 Å². The highest BCUT2D eigenvalue weighted by atomic mass is 16.7. The smallest absolute Gasteiger partial charge is 0.226 e. The van der Waals surface area contributed by atoms with Crippen molar-refractivity contribution < 1.29 is 14.3 Å². The third kappa shape index (κ3) is 3.48. The monoisotopic (exact) mass is 230 g/mol. The lowest BCUT2D eigenvalue weighted by Gasteiger charge is -2.01. The summed E-state index contributed by atoms with van der Waals surface area (Å²) in [6.45, 7) is 3.20. The molecule has 1 aromatic heterocycles.